The molecule has 1 heterocycles. The summed E-state index contributed by atoms with van der Waals surface area (Å²) in [5.74, 6) is 0.415. The molecule has 0 spiro atoms. The lowest BCUT2D eigenvalue weighted by Gasteiger charge is -2.08. The predicted molar refractivity (Wildman–Crippen MR) is 44.7 cm³/mol. The zero-order chi connectivity index (χ0) is 7.40. The van der Waals surface area contributed by atoms with Gasteiger partial charge in [0.2, 0.25) is 0 Å². The lowest BCUT2D eigenvalue weighted by Crippen LogP contribution is -2.19. The second-order valence-electron chi connectivity index (χ2n) is 2.80. The van der Waals surface area contributed by atoms with Gasteiger partial charge in [0.25, 0.3) is 0 Å². The number of ether oxygens (including phenoxy) is 1. The van der Waals surface area contributed by atoms with E-state index in [4.69, 9.17) is 10.5 Å². The molecule has 2 nitrogen and oxygen atoms in total. The van der Waals surface area contributed by atoms with Crippen LogP contribution < -0.4 is 5.73 Å². The Morgan fingerprint density at radius 2 is 2.36 bits per heavy atom. The fraction of sp³-hybridized carbons (Fsp3) is 1.00. The van der Waals surface area contributed by atoms with Gasteiger partial charge in [0.15, 0.2) is 0 Å². The first-order chi connectivity index (χ1) is 4.83. The summed E-state index contributed by atoms with van der Waals surface area (Å²) in [5.41, 5.74) is 5.13. The maximum atomic E-state index is 12.6. The van der Waals surface area contributed by atoms with Crippen molar-refractivity contribution in [2.45, 2.75) is 19.0 Å². The summed E-state index contributed by atoms with van der Waals surface area (Å²) in [5, 5.41) is 0. The van der Waals surface area contributed by atoms with E-state index in [0.717, 1.165) is 19.6 Å². The predicted octanol–water partition coefficient (Wildman–Crippen LogP) is 1.13. The topological polar surface area (TPSA) is 35.2 Å². The molecule has 11 heavy (non-hydrogen) atoms. The van der Waals surface area contributed by atoms with Gasteiger partial charge in [-0.1, -0.05) is 0 Å². The van der Waals surface area contributed by atoms with Crippen LogP contribution in [-0.4, -0.2) is 25.9 Å². The van der Waals surface area contributed by atoms with Gasteiger partial charge < -0.3 is 10.5 Å². The van der Waals surface area contributed by atoms with E-state index in [-0.39, 0.29) is 19.0 Å². The van der Waals surface area contributed by atoms with Crippen molar-refractivity contribution >= 4 is 12.4 Å². The van der Waals surface area contributed by atoms with E-state index in [1.807, 2.05) is 0 Å². The molecule has 1 saturated heterocycles. The molecule has 2 N–H and O–H groups in total. The Bertz CT molecular complexity index is 98.4. The standard InChI is InChI=1S/C7H14FNO.ClH/c8-7(4-9)3-6-1-2-10-5-6;/h6-7H,1-5,9H2;1H. The van der Waals surface area contributed by atoms with E-state index in [1.54, 1.807) is 0 Å². The lowest BCUT2D eigenvalue weighted by molar-refractivity contribution is 0.175. The minimum absolute atomic E-state index is 0. The molecule has 0 bridgehead atoms. The van der Waals surface area contributed by atoms with Gasteiger partial charge in [-0.25, -0.2) is 4.39 Å². The Balaban J connectivity index is 0.000001000. The molecule has 0 aromatic carbocycles. The molecule has 2 atom stereocenters. The van der Waals surface area contributed by atoms with Crippen molar-refractivity contribution in [2.24, 2.45) is 11.7 Å². The fourth-order valence-electron chi connectivity index (χ4n) is 1.23. The quantitative estimate of drug-likeness (QED) is 0.712. The minimum Gasteiger partial charge on any atom is -0.381 e. The highest BCUT2D eigenvalue weighted by Crippen LogP contribution is 2.18. The Morgan fingerprint density at radius 1 is 1.64 bits per heavy atom. The summed E-state index contributed by atoms with van der Waals surface area (Å²) in [6.07, 6.45) is 0.753. The van der Waals surface area contributed by atoms with Gasteiger partial charge in [-0.3, -0.25) is 0 Å². The highest BCUT2D eigenvalue weighted by atomic mass is 35.5. The minimum atomic E-state index is -0.827. The first-order valence-electron chi connectivity index (χ1n) is 3.75. The Kier molecular flexibility index (Phi) is 5.82. The first-order valence-corrected chi connectivity index (χ1v) is 3.75. The molecule has 1 aliphatic rings. The maximum absolute atomic E-state index is 12.6. The number of hydrogen-bond donors (Lipinski definition) is 1. The summed E-state index contributed by atoms with van der Waals surface area (Å²) in [6.45, 7) is 1.67. The van der Waals surface area contributed by atoms with Crippen LogP contribution in [0.1, 0.15) is 12.8 Å². The Hall–Kier alpha value is 0.140. The molecule has 1 rings (SSSR count). The third-order valence-corrected chi connectivity index (χ3v) is 1.87. The van der Waals surface area contributed by atoms with E-state index < -0.39 is 6.17 Å². The van der Waals surface area contributed by atoms with Crippen molar-refractivity contribution in [3.8, 4) is 0 Å². The second-order valence-corrected chi connectivity index (χ2v) is 2.80. The Morgan fingerprint density at radius 3 is 2.82 bits per heavy atom. The van der Waals surface area contributed by atoms with Crippen molar-refractivity contribution in [1.82, 2.24) is 0 Å². The molecule has 0 aromatic heterocycles. The normalized spacial score (nSPS) is 26.2. The van der Waals surface area contributed by atoms with E-state index in [2.05, 4.69) is 0 Å². The van der Waals surface area contributed by atoms with Gasteiger partial charge >= 0.3 is 0 Å². The van der Waals surface area contributed by atoms with Crippen molar-refractivity contribution in [2.75, 3.05) is 19.8 Å². The summed E-state index contributed by atoms with van der Waals surface area (Å²) < 4.78 is 17.7. The lowest BCUT2D eigenvalue weighted by atomic mass is 10.0. The van der Waals surface area contributed by atoms with E-state index >= 15 is 0 Å². The number of nitrogens with two attached hydrogens (primary N) is 1. The van der Waals surface area contributed by atoms with Gasteiger partial charge in [0, 0.05) is 19.8 Å². The van der Waals surface area contributed by atoms with Gasteiger partial charge in [-0.05, 0) is 18.8 Å². The summed E-state index contributed by atoms with van der Waals surface area (Å²) in [4.78, 5) is 0. The number of hydrogen-bond acceptors (Lipinski definition) is 2. The van der Waals surface area contributed by atoms with Gasteiger partial charge in [0.05, 0.1) is 0 Å². The third-order valence-electron chi connectivity index (χ3n) is 1.87. The van der Waals surface area contributed by atoms with Crippen molar-refractivity contribution in [3.63, 3.8) is 0 Å². The molecule has 2 unspecified atom stereocenters. The maximum Gasteiger partial charge on any atom is 0.113 e. The van der Waals surface area contributed by atoms with Crippen LogP contribution in [0, 0.1) is 5.92 Å². The summed E-state index contributed by atoms with van der Waals surface area (Å²) >= 11 is 0. The first kappa shape index (κ1) is 11.1. The van der Waals surface area contributed by atoms with Crippen LogP contribution in [0.3, 0.4) is 0 Å². The SMILES string of the molecule is Cl.NCC(F)CC1CCOC1. The van der Waals surface area contributed by atoms with Crippen LogP contribution in [0.4, 0.5) is 4.39 Å². The van der Waals surface area contributed by atoms with Crippen LogP contribution in [0.2, 0.25) is 0 Å². The molecule has 0 aromatic rings. The van der Waals surface area contributed by atoms with E-state index in [9.17, 15) is 4.39 Å². The average Bonchev–Trinajstić information content (AvgIpc) is 2.40. The smallest absolute Gasteiger partial charge is 0.113 e. The molecule has 1 fully saturated rings. The summed E-state index contributed by atoms with van der Waals surface area (Å²) in [7, 11) is 0. The average molecular weight is 184 g/mol. The zero-order valence-corrected chi connectivity index (χ0v) is 7.28. The zero-order valence-electron chi connectivity index (χ0n) is 6.46. The molecule has 0 radical (unpaired) electrons. The largest absolute Gasteiger partial charge is 0.381 e. The van der Waals surface area contributed by atoms with Crippen LogP contribution in [0.15, 0.2) is 0 Å². The molecule has 1 aliphatic heterocycles. The number of rotatable bonds is 3. The van der Waals surface area contributed by atoms with Crippen LogP contribution >= 0.6 is 12.4 Å². The van der Waals surface area contributed by atoms with Crippen LogP contribution in [0.5, 0.6) is 0 Å². The molecular weight excluding hydrogens is 169 g/mol. The van der Waals surface area contributed by atoms with Crippen molar-refractivity contribution in [3.05, 3.63) is 0 Å². The summed E-state index contributed by atoms with van der Waals surface area (Å²) in [6, 6.07) is 0. The Labute approximate surface area is 72.7 Å². The van der Waals surface area contributed by atoms with Crippen LogP contribution in [-0.2, 0) is 4.74 Å². The molecule has 0 saturated carbocycles. The second kappa shape index (κ2) is 5.75. The monoisotopic (exact) mass is 183 g/mol. The molecule has 0 aliphatic carbocycles. The molecular formula is C7H15ClFNO. The van der Waals surface area contributed by atoms with Crippen LogP contribution in [0.25, 0.3) is 0 Å². The molecule has 68 valence electrons. The van der Waals surface area contributed by atoms with Gasteiger partial charge in [-0.15, -0.1) is 12.4 Å². The number of halogens is 2. The fourth-order valence-corrected chi connectivity index (χ4v) is 1.23. The highest BCUT2D eigenvalue weighted by molar-refractivity contribution is 5.85. The molecule has 4 heteroatoms. The highest BCUT2D eigenvalue weighted by Gasteiger charge is 2.19. The molecule has 0 amide bonds. The van der Waals surface area contributed by atoms with Crippen molar-refractivity contribution < 1.29 is 9.13 Å². The van der Waals surface area contributed by atoms with Gasteiger partial charge in [0.1, 0.15) is 6.17 Å². The third kappa shape index (κ3) is 3.89. The van der Waals surface area contributed by atoms with Gasteiger partial charge in [-0.2, -0.15) is 0 Å². The van der Waals surface area contributed by atoms with Crippen molar-refractivity contribution in [1.29, 1.82) is 0 Å². The van der Waals surface area contributed by atoms with E-state index in [1.165, 1.54) is 0 Å². The van der Waals surface area contributed by atoms with E-state index in [0.29, 0.717) is 12.3 Å². The number of alkyl halides is 1.